The van der Waals surface area contributed by atoms with E-state index in [9.17, 15) is 4.79 Å². The van der Waals surface area contributed by atoms with Gasteiger partial charge in [-0.3, -0.25) is 4.79 Å². The summed E-state index contributed by atoms with van der Waals surface area (Å²) in [7, 11) is 1.66. The first-order chi connectivity index (χ1) is 11.7. The highest BCUT2D eigenvalue weighted by Gasteiger charge is 2.22. The molecule has 0 bridgehead atoms. The van der Waals surface area contributed by atoms with Crippen LogP contribution in [-0.2, 0) is 4.79 Å². The number of nitrogens with zero attached hydrogens (tertiary/aromatic N) is 4. The van der Waals surface area contributed by atoms with E-state index in [0.717, 1.165) is 24.5 Å². The van der Waals surface area contributed by atoms with E-state index in [2.05, 4.69) is 15.1 Å². The number of benzene rings is 1. The first kappa shape index (κ1) is 16.6. The lowest BCUT2D eigenvalue weighted by molar-refractivity contribution is -0.128. The molecule has 1 aliphatic heterocycles. The second-order valence-electron chi connectivity index (χ2n) is 5.44. The zero-order valence-electron chi connectivity index (χ0n) is 13.8. The van der Waals surface area contributed by atoms with Gasteiger partial charge in [0.25, 0.3) is 5.22 Å². The normalized spacial score (nSPS) is 14.8. The average Bonchev–Trinajstić information content (AvgIpc) is 3.05. The van der Waals surface area contributed by atoms with Gasteiger partial charge in [-0.15, -0.1) is 10.2 Å². The molecule has 3 rings (SSSR count). The van der Waals surface area contributed by atoms with Crippen molar-refractivity contribution in [1.29, 1.82) is 0 Å². The summed E-state index contributed by atoms with van der Waals surface area (Å²) in [6, 6.07) is 8.00. The highest BCUT2D eigenvalue weighted by atomic mass is 32.2. The number of anilines is 1. The third-order valence-electron chi connectivity index (χ3n) is 3.90. The molecule has 0 radical (unpaired) electrons. The summed E-state index contributed by atoms with van der Waals surface area (Å²) in [6.07, 6.45) is 0. The number of rotatable bonds is 5. The van der Waals surface area contributed by atoms with Gasteiger partial charge in [0.2, 0.25) is 11.8 Å². The van der Waals surface area contributed by atoms with Gasteiger partial charge in [0.05, 0.1) is 12.9 Å². The molecule has 0 saturated carbocycles. The Kier molecular flexibility index (Phi) is 5.24. The number of piperazine rings is 1. The van der Waals surface area contributed by atoms with E-state index >= 15 is 0 Å². The molecular formula is C16H20N4O3S. The molecule has 7 nitrogen and oxygen atoms in total. The molecule has 0 N–H and O–H groups in total. The fourth-order valence-corrected chi connectivity index (χ4v) is 3.27. The molecule has 1 aromatic heterocycles. The first-order valence-electron chi connectivity index (χ1n) is 7.75. The molecule has 0 unspecified atom stereocenters. The zero-order valence-corrected chi connectivity index (χ0v) is 14.6. The van der Waals surface area contributed by atoms with Crippen LogP contribution in [0.3, 0.4) is 0 Å². The van der Waals surface area contributed by atoms with Gasteiger partial charge in [0.15, 0.2) is 0 Å². The summed E-state index contributed by atoms with van der Waals surface area (Å²) in [5, 5.41) is 8.08. The lowest BCUT2D eigenvalue weighted by atomic mass is 10.2. The number of hydrogen-bond acceptors (Lipinski definition) is 7. The number of aromatic nitrogens is 2. The molecule has 2 aromatic rings. The summed E-state index contributed by atoms with van der Waals surface area (Å²) in [5.41, 5.74) is 1.15. The number of ether oxygens (including phenoxy) is 1. The summed E-state index contributed by atoms with van der Waals surface area (Å²) >= 11 is 1.29. The molecule has 0 spiro atoms. The van der Waals surface area contributed by atoms with Crippen LogP contribution >= 0.6 is 11.8 Å². The monoisotopic (exact) mass is 348 g/mol. The van der Waals surface area contributed by atoms with Gasteiger partial charge in [-0.1, -0.05) is 11.8 Å². The Morgan fingerprint density at radius 2 is 1.92 bits per heavy atom. The summed E-state index contributed by atoms with van der Waals surface area (Å²) in [6.45, 7) is 4.81. The van der Waals surface area contributed by atoms with Crippen LogP contribution in [0.5, 0.6) is 5.75 Å². The highest BCUT2D eigenvalue weighted by molar-refractivity contribution is 7.99. The van der Waals surface area contributed by atoms with Crippen LogP contribution < -0.4 is 9.64 Å². The largest absolute Gasteiger partial charge is 0.497 e. The van der Waals surface area contributed by atoms with Crippen molar-refractivity contribution in [2.45, 2.75) is 12.1 Å². The molecule has 2 heterocycles. The Hall–Kier alpha value is -2.22. The molecule has 1 aliphatic rings. The van der Waals surface area contributed by atoms with Crippen LogP contribution in [-0.4, -0.2) is 60.0 Å². The van der Waals surface area contributed by atoms with E-state index in [1.54, 1.807) is 14.0 Å². The van der Waals surface area contributed by atoms with Crippen LogP contribution in [0.2, 0.25) is 0 Å². The molecule has 0 aliphatic carbocycles. The van der Waals surface area contributed by atoms with Crippen molar-refractivity contribution in [2.24, 2.45) is 0 Å². The quantitative estimate of drug-likeness (QED) is 0.763. The molecule has 24 heavy (non-hydrogen) atoms. The molecular weight excluding hydrogens is 328 g/mol. The lowest BCUT2D eigenvalue weighted by Gasteiger charge is -2.36. The maximum atomic E-state index is 12.3. The van der Waals surface area contributed by atoms with Gasteiger partial charge in [-0.05, 0) is 24.3 Å². The van der Waals surface area contributed by atoms with E-state index in [0.29, 0.717) is 30.0 Å². The fraction of sp³-hybridized carbons (Fsp3) is 0.438. The number of hydrogen-bond donors (Lipinski definition) is 0. The van der Waals surface area contributed by atoms with E-state index in [-0.39, 0.29) is 5.91 Å². The van der Waals surface area contributed by atoms with E-state index in [1.807, 2.05) is 29.2 Å². The molecule has 1 saturated heterocycles. The predicted octanol–water partition coefficient (Wildman–Crippen LogP) is 1.83. The van der Waals surface area contributed by atoms with Crippen molar-refractivity contribution in [3.8, 4) is 5.75 Å². The zero-order chi connectivity index (χ0) is 16.9. The molecule has 128 valence electrons. The number of carbonyl (C=O) groups excluding carboxylic acids is 1. The number of thioether (sulfide) groups is 1. The average molecular weight is 348 g/mol. The summed E-state index contributed by atoms with van der Waals surface area (Å²) in [5.74, 6) is 1.79. The van der Waals surface area contributed by atoms with Crippen molar-refractivity contribution >= 4 is 23.4 Å². The summed E-state index contributed by atoms with van der Waals surface area (Å²) < 4.78 is 10.4. The number of aryl methyl sites for hydroxylation is 1. The molecule has 8 heteroatoms. The van der Waals surface area contributed by atoms with E-state index in [1.165, 1.54) is 11.8 Å². The lowest BCUT2D eigenvalue weighted by Crippen LogP contribution is -2.49. The van der Waals surface area contributed by atoms with Gasteiger partial charge in [-0.25, -0.2) is 0 Å². The van der Waals surface area contributed by atoms with Gasteiger partial charge in [0.1, 0.15) is 5.75 Å². The number of methoxy groups -OCH3 is 1. The van der Waals surface area contributed by atoms with E-state index in [4.69, 9.17) is 9.15 Å². The van der Waals surface area contributed by atoms with Crippen LogP contribution in [0.1, 0.15) is 5.89 Å². The van der Waals surface area contributed by atoms with Crippen LogP contribution in [0.25, 0.3) is 0 Å². The Bertz CT molecular complexity index is 681. The van der Waals surface area contributed by atoms with Crippen LogP contribution in [0.15, 0.2) is 33.9 Å². The predicted molar refractivity (Wildman–Crippen MR) is 91.5 cm³/mol. The second-order valence-corrected chi connectivity index (χ2v) is 6.37. The standard InChI is InChI=1S/C16H20N4O3S/c1-12-17-18-16(23-12)24-11-15(21)20-9-7-19(8-10-20)13-3-5-14(22-2)6-4-13/h3-6H,7-11H2,1-2H3. The third-order valence-corrected chi connectivity index (χ3v) is 4.70. The fourth-order valence-electron chi connectivity index (χ4n) is 2.56. The minimum atomic E-state index is 0.102. The number of amides is 1. The van der Waals surface area contributed by atoms with Crippen LogP contribution in [0, 0.1) is 6.92 Å². The topological polar surface area (TPSA) is 71.7 Å². The van der Waals surface area contributed by atoms with Gasteiger partial charge >= 0.3 is 0 Å². The Balaban J connectivity index is 1.47. The van der Waals surface area contributed by atoms with Crippen molar-refractivity contribution in [1.82, 2.24) is 15.1 Å². The van der Waals surface area contributed by atoms with Crippen LogP contribution in [0.4, 0.5) is 5.69 Å². The maximum absolute atomic E-state index is 12.3. The Morgan fingerprint density at radius 1 is 1.21 bits per heavy atom. The highest BCUT2D eigenvalue weighted by Crippen LogP contribution is 2.21. The maximum Gasteiger partial charge on any atom is 0.277 e. The van der Waals surface area contributed by atoms with Gasteiger partial charge in [0, 0.05) is 38.8 Å². The third kappa shape index (κ3) is 4.00. The Morgan fingerprint density at radius 3 is 2.50 bits per heavy atom. The molecule has 0 atom stereocenters. The SMILES string of the molecule is COc1ccc(N2CCN(C(=O)CSc3nnc(C)o3)CC2)cc1. The minimum absolute atomic E-state index is 0.102. The molecule has 1 fully saturated rings. The smallest absolute Gasteiger partial charge is 0.277 e. The minimum Gasteiger partial charge on any atom is -0.497 e. The van der Waals surface area contributed by atoms with Gasteiger partial charge < -0.3 is 19.0 Å². The van der Waals surface area contributed by atoms with Crippen molar-refractivity contribution in [3.05, 3.63) is 30.2 Å². The molecule has 1 aromatic carbocycles. The number of carbonyl (C=O) groups is 1. The Labute approximate surface area is 145 Å². The van der Waals surface area contributed by atoms with E-state index < -0.39 is 0 Å². The second kappa shape index (κ2) is 7.57. The first-order valence-corrected chi connectivity index (χ1v) is 8.74. The van der Waals surface area contributed by atoms with Crippen molar-refractivity contribution < 1.29 is 13.9 Å². The van der Waals surface area contributed by atoms with Gasteiger partial charge in [-0.2, -0.15) is 0 Å². The summed E-state index contributed by atoms with van der Waals surface area (Å²) in [4.78, 5) is 16.4. The molecule has 1 amide bonds. The van der Waals surface area contributed by atoms with Crippen molar-refractivity contribution in [2.75, 3.05) is 43.9 Å². The van der Waals surface area contributed by atoms with Crippen molar-refractivity contribution in [3.63, 3.8) is 0 Å².